The third-order valence-corrected chi connectivity index (χ3v) is 14.1. The number of carbonyl (C=O) groups is 1. The predicted octanol–water partition coefficient (Wildman–Crippen LogP) is 9.62. The summed E-state index contributed by atoms with van der Waals surface area (Å²) in [4.78, 5) is 14.3. The van der Waals surface area contributed by atoms with Crippen LogP contribution in [0.15, 0.2) is 30.0 Å². The number of anilines is 1. The first-order chi connectivity index (χ1) is 20.6. The van der Waals surface area contributed by atoms with E-state index in [1.807, 2.05) is 12.1 Å². The average Bonchev–Trinajstić information content (AvgIpc) is 3.28. The molecule has 1 aliphatic heterocycles. The van der Waals surface area contributed by atoms with Gasteiger partial charge in [-0.05, 0) is 131 Å². The van der Waals surface area contributed by atoms with Gasteiger partial charge in [0, 0.05) is 34.3 Å². The number of rotatable bonds is 5. The van der Waals surface area contributed by atoms with E-state index >= 15 is 0 Å². The molecule has 5 heteroatoms. The van der Waals surface area contributed by atoms with Crippen molar-refractivity contribution in [2.24, 2.45) is 52.3 Å². The van der Waals surface area contributed by atoms with Gasteiger partial charge in [0.2, 0.25) is 0 Å². The minimum atomic E-state index is -0.868. The van der Waals surface area contributed by atoms with E-state index in [0.717, 1.165) is 30.5 Å². The number of allylic oxidation sites excluding steroid dienone is 2. The molecule has 6 unspecified atom stereocenters. The maximum Gasteiger partial charge on any atom is 0.336 e. The minimum absolute atomic E-state index is 0.113. The predicted molar refractivity (Wildman–Crippen MR) is 183 cm³/mol. The van der Waals surface area contributed by atoms with Crippen molar-refractivity contribution in [1.82, 2.24) is 0 Å². The molecule has 4 fully saturated rings. The van der Waals surface area contributed by atoms with Crippen LogP contribution in [0.1, 0.15) is 127 Å². The van der Waals surface area contributed by atoms with E-state index in [1.165, 1.54) is 57.1 Å². The summed E-state index contributed by atoms with van der Waals surface area (Å²) in [5.74, 6) is 3.22. The minimum Gasteiger partial charge on any atom is -0.478 e. The van der Waals surface area contributed by atoms with Gasteiger partial charge in [-0.25, -0.2) is 4.79 Å². The Morgan fingerprint density at radius 3 is 2.58 bits per heavy atom. The Hall–Kier alpha value is -1.52. The molecule has 0 saturated heterocycles. The van der Waals surface area contributed by atoms with E-state index < -0.39 is 5.97 Å². The summed E-state index contributed by atoms with van der Waals surface area (Å²) in [6.45, 7) is 12.1. The van der Waals surface area contributed by atoms with Crippen molar-refractivity contribution in [3.05, 3.63) is 41.1 Å². The second-order valence-electron chi connectivity index (χ2n) is 15.5. The number of fused-ring (bicyclic) bond motifs is 6. The number of hydrogen-bond donors (Lipinski definition) is 2. The van der Waals surface area contributed by atoms with Crippen molar-refractivity contribution in [3.63, 3.8) is 0 Å². The highest BCUT2D eigenvalue weighted by molar-refractivity contribution is 14.1. The van der Waals surface area contributed by atoms with Gasteiger partial charge in [-0.2, -0.15) is 0 Å². The molecular weight excluding hydrogens is 645 g/mol. The molecule has 234 valence electrons. The van der Waals surface area contributed by atoms with Crippen molar-refractivity contribution in [2.45, 2.75) is 117 Å². The summed E-state index contributed by atoms with van der Waals surface area (Å²) in [6.07, 6.45) is 15.5. The van der Waals surface area contributed by atoms with E-state index in [4.69, 9.17) is 0 Å². The van der Waals surface area contributed by atoms with E-state index in [-0.39, 0.29) is 17.4 Å². The molecular formula is C38H52INO3. The number of aliphatic hydroxyl groups is 1. The number of halogens is 1. The zero-order valence-electron chi connectivity index (χ0n) is 26.9. The first kappa shape index (κ1) is 31.5. The molecule has 4 aliphatic carbocycles. The van der Waals surface area contributed by atoms with E-state index in [1.54, 1.807) is 6.07 Å². The van der Waals surface area contributed by atoms with Gasteiger partial charge >= 0.3 is 5.97 Å². The van der Waals surface area contributed by atoms with Crippen LogP contribution in [0.5, 0.6) is 0 Å². The van der Waals surface area contributed by atoms with E-state index in [9.17, 15) is 15.0 Å². The molecule has 2 N–H and O–H groups in total. The molecule has 1 aromatic rings. The zero-order valence-corrected chi connectivity index (χ0v) is 29.1. The lowest BCUT2D eigenvalue weighted by Gasteiger charge is -2.64. The highest BCUT2D eigenvalue weighted by atomic mass is 127. The fourth-order valence-electron chi connectivity index (χ4n) is 12.0. The summed E-state index contributed by atoms with van der Waals surface area (Å²) < 4.78 is 3.10. The van der Waals surface area contributed by atoms with Gasteiger partial charge < -0.3 is 10.2 Å². The lowest BCUT2D eigenvalue weighted by Crippen LogP contribution is -2.61. The molecule has 1 aromatic carbocycles. The SMILES string of the molecule is CC[C@@H]1C2CCCC[C@]2(C)C2CC[C@@]3(C)C(CCC3[C@H](C)CC3=CCC(C)c4c(C(=O)O)cccc4N3C#CI)C2[C@@H]1O. The quantitative estimate of drug-likeness (QED) is 0.238. The highest BCUT2D eigenvalue weighted by Crippen LogP contribution is 2.69. The fourth-order valence-corrected chi connectivity index (χ4v) is 12.2. The smallest absolute Gasteiger partial charge is 0.336 e. The largest absolute Gasteiger partial charge is 0.478 e. The second-order valence-corrected chi connectivity index (χ2v) is 16.1. The number of carboxylic acids is 1. The first-order valence-corrected chi connectivity index (χ1v) is 18.3. The highest BCUT2D eigenvalue weighted by Gasteiger charge is 2.64. The van der Waals surface area contributed by atoms with Gasteiger partial charge in [0.15, 0.2) is 0 Å². The molecule has 0 bridgehead atoms. The number of aliphatic hydroxyl groups excluding tert-OH is 1. The number of nitrogens with zero attached hydrogens (tertiary/aromatic N) is 1. The third kappa shape index (κ3) is 5.00. The first-order valence-electron chi connectivity index (χ1n) is 17.2. The molecule has 0 spiro atoms. The van der Waals surface area contributed by atoms with Crippen LogP contribution >= 0.6 is 22.6 Å². The molecule has 1 heterocycles. The van der Waals surface area contributed by atoms with Crippen molar-refractivity contribution in [1.29, 1.82) is 0 Å². The Morgan fingerprint density at radius 1 is 1.09 bits per heavy atom. The number of aromatic carboxylic acids is 1. The van der Waals surface area contributed by atoms with Crippen molar-refractivity contribution < 1.29 is 15.0 Å². The summed E-state index contributed by atoms with van der Waals surface area (Å²) in [5.41, 5.74) is 4.08. The lowest BCUT2D eigenvalue weighted by molar-refractivity contribution is -0.194. The van der Waals surface area contributed by atoms with Gasteiger partial charge in [0.1, 0.15) is 0 Å². The average molecular weight is 698 g/mol. The van der Waals surface area contributed by atoms with Crippen molar-refractivity contribution in [2.75, 3.05) is 4.90 Å². The number of benzene rings is 1. The Morgan fingerprint density at radius 2 is 1.86 bits per heavy atom. The zero-order chi connectivity index (χ0) is 30.7. The van der Waals surface area contributed by atoms with Crippen molar-refractivity contribution in [3.8, 4) is 9.97 Å². The third-order valence-electron chi connectivity index (χ3n) is 13.8. The normalized spacial score (nSPS) is 40.9. The number of carboxylic acid groups (broad SMARTS) is 1. The van der Waals surface area contributed by atoms with Crippen LogP contribution in [0.25, 0.3) is 0 Å². The Bertz CT molecular complexity index is 1330. The van der Waals surface area contributed by atoms with E-state index in [0.29, 0.717) is 52.4 Å². The molecule has 4 nitrogen and oxygen atoms in total. The van der Waals surface area contributed by atoms with Gasteiger partial charge in [-0.1, -0.05) is 66.0 Å². The monoisotopic (exact) mass is 697 g/mol. The fraction of sp³-hybridized carbons (Fsp3) is 0.711. The van der Waals surface area contributed by atoms with Crippen LogP contribution in [0, 0.1) is 62.2 Å². The maximum atomic E-state index is 12.2. The summed E-state index contributed by atoms with van der Waals surface area (Å²) in [7, 11) is 0. The topological polar surface area (TPSA) is 60.8 Å². The Labute approximate surface area is 273 Å². The molecule has 11 atom stereocenters. The standard InChI is InChI=1S/C38H52INO3/c1-6-26-29-11-7-8-18-37(29,4)31-17-19-38(5)28(15-16-30(38)34(31)35(26)41)24(3)22-25-14-13-23(2)33-27(36(42)43)10-9-12-32(33)40(25)21-20-39/h9-10,12,14,23-24,26,28-31,34-35,41H,6-8,11,13,15-19,22H2,1-5H3,(H,42,43)/t23?,24-,26-,28?,29?,30?,31?,34?,35-,37+,38-/m1/s1. The summed E-state index contributed by atoms with van der Waals surface area (Å²) in [6, 6.07) is 8.98. The van der Waals surface area contributed by atoms with Gasteiger partial charge in [-0.15, -0.1) is 0 Å². The summed E-state index contributed by atoms with van der Waals surface area (Å²) in [5, 5.41) is 22.1. The van der Waals surface area contributed by atoms with Crippen LogP contribution in [0.2, 0.25) is 0 Å². The van der Waals surface area contributed by atoms with Crippen LogP contribution in [-0.2, 0) is 0 Å². The Balaban J connectivity index is 1.28. The van der Waals surface area contributed by atoms with E-state index in [2.05, 4.69) is 78.2 Å². The second kappa shape index (κ2) is 12.0. The van der Waals surface area contributed by atoms with Crippen molar-refractivity contribution >= 4 is 34.2 Å². The molecule has 6 rings (SSSR count). The van der Waals surface area contributed by atoms with Crippen LogP contribution < -0.4 is 4.90 Å². The van der Waals surface area contributed by atoms with Gasteiger partial charge in [0.05, 0.1) is 17.4 Å². The Kier molecular flexibility index (Phi) is 8.79. The molecule has 4 saturated carbocycles. The molecule has 43 heavy (non-hydrogen) atoms. The summed E-state index contributed by atoms with van der Waals surface area (Å²) >= 11 is 2.11. The molecule has 0 radical (unpaired) electrons. The molecule has 0 amide bonds. The van der Waals surface area contributed by atoms with Crippen LogP contribution in [0.4, 0.5) is 5.69 Å². The van der Waals surface area contributed by atoms with Crippen LogP contribution in [-0.4, -0.2) is 22.3 Å². The van der Waals surface area contributed by atoms with Crippen LogP contribution in [0.3, 0.4) is 0 Å². The van der Waals surface area contributed by atoms with Gasteiger partial charge in [-0.3, -0.25) is 4.90 Å². The molecule has 0 aromatic heterocycles. The molecule has 5 aliphatic rings. The van der Waals surface area contributed by atoms with Gasteiger partial charge in [0.25, 0.3) is 0 Å². The maximum absolute atomic E-state index is 12.2. The lowest BCUT2D eigenvalue weighted by atomic mass is 9.41. The number of hydrogen-bond acceptors (Lipinski definition) is 3.